The quantitative estimate of drug-likeness (QED) is 0.688. The standard InChI is InChI=1S/C17H18N2O2S/c1-19(2)11-12-20-13-7-9-14(10-8-13)21-17-18-15-5-3-4-6-16(15)22-17/h3-10H,11-12H2,1-2H3. The van der Waals surface area contributed by atoms with E-state index in [4.69, 9.17) is 9.47 Å². The Balaban J connectivity index is 1.63. The van der Waals surface area contributed by atoms with Crippen LogP contribution >= 0.6 is 11.3 Å². The maximum absolute atomic E-state index is 5.80. The summed E-state index contributed by atoms with van der Waals surface area (Å²) in [7, 11) is 4.05. The third-order valence-electron chi connectivity index (χ3n) is 3.11. The topological polar surface area (TPSA) is 34.6 Å². The van der Waals surface area contributed by atoms with Gasteiger partial charge in [-0.3, -0.25) is 0 Å². The normalized spacial score (nSPS) is 11.0. The lowest BCUT2D eigenvalue weighted by atomic mass is 10.3. The van der Waals surface area contributed by atoms with Crippen molar-refractivity contribution in [2.45, 2.75) is 0 Å². The van der Waals surface area contributed by atoms with Crippen molar-refractivity contribution in [1.82, 2.24) is 9.88 Å². The molecule has 0 fully saturated rings. The first kappa shape index (κ1) is 14.8. The van der Waals surface area contributed by atoms with Crippen LogP contribution in [0.4, 0.5) is 0 Å². The van der Waals surface area contributed by atoms with E-state index >= 15 is 0 Å². The highest BCUT2D eigenvalue weighted by Crippen LogP contribution is 2.31. The van der Waals surface area contributed by atoms with E-state index in [-0.39, 0.29) is 0 Å². The fourth-order valence-corrected chi connectivity index (χ4v) is 2.78. The van der Waals surface area contributed by atoms with Gasteiger partial charge in [-0.05, 0) is 50.5 Å². The molecule has 0 spiro atoms. The molecule has 0 N–H and O–H groups in total. The SMILES string of the molecule is CN(C)CCOc1ccc(Oc2nc3ccccc3s2)cc1. The molecule has 0 saturated heterocycles. The highest BCUT2D eigenvalue weighted by Gasteiger charge is 2.05. The van der Waals surface area contributed by atoms with E-state index in [0.717, 1.165) is 28.3 Å². The molecule has 22 heavy (non-hydrogen) atoms. The number of para-hydroxylation sites is 1. The Bertz CT molecular complexity index is 705. The van der Waals surface area contributed by atoms with E-state index in [9.17, 15) is 0 Å². The van der Waals surface area contributed by atoms with E-state index < -0.39 is 0 Å². The van der Waals surface area contributed by atoms with Gasteiger partial charge in [-0.25, -0.2) is 4.98 Å². The maximum Gasteiger partial charge on any atom is 0.279 e. The van der Waals surface area contributed by atoms with Gasteiger partial charge in [0.2, 0.25) is 0 Å². The third-order valence-corrected chi connectivity index (χ3v) is 4.02. The summed E-state index contributed by atoms with van der Waals surface area (Å²) in [5, 5.41) is 0.655. The average molecular weight is 314 g/mol. The van der Waals surface area contributed by atoms with Crippen LogP contribution in [0.1, 0.15) is 0 Å². The summed E-state index contributed by atoms with van der Waals surface area (Å²) < 4.78 is 12.6. The van der Waals surface area contributed by atoms with E-state index in [2.05, 4.69) is 9.88 Å². The number of nitrogens with zero attached hydrogens (tertiary/aromatic N) is 2. The van der Waals surface area contributed by atoms with Crippen molar-refractivity contribution >= 4 is 21.6 Å². The molecule has 114 valence electrons. The number of thiazole rings is 1. The number of ether oxygens (including phenoxy) is 2. The van der Waals surface area contributed by atoms with Crippen molar-refractivity contribution < 1.29 is 9.47 Å². The van der Waals surface area contributed by atoms with Gasteiger partial charge in [0.15, 0.2) is 0 Å². The second-order valence-corrected chi connectivity index (χ2v) is 6.17. The lowest BCUT2D eigenvalue weighted by molar-refractivity contribution is 0.261. The van der Waals surface area contributed by atoms with Crippen molar-refractivity contribution in [3.8, 4) is 16.7 Å². The number of hydrogen-bond donors (Lipinski definition) is 0. The zero-order chi connectivity index (χ0) is 15.4. The smallest absolute Gasteiger partial charge is 0.279 e. The van der Waals surface area contributed by atoms with Crippen molar-refractivity contribution in [1.29, 1.82) is 0 Å². The summed E-state index contributed by atoms with van der Waals surface area (Å²) in [5.41, 5.74) is 0.964. The fourth-order valence-electron chi connectivity index (χ4n) is 1.95. The van der Waals surface area contributed by atoms with Gasteiger partial charge in [-0.1, -0.05) is 23.5 Å². The molecule has 5 heteroatoms. The molecule has 0 radical (unpaired) electrons. The lowest BCUT2D eigenvalue weighted by Crippen LogP contribution is -2.19. The van der Waals surface area contributed by atoms with Crippen LogP contribution in [0.25, 0.3) is 10.2 Å². The predicted octanol–water partition coefficient (Wildman–Crippen LogP) is 4.03. The zero-order valence-corrected chi connectivity index (χ0v) is 13.5. The van der Waals surface area contributed by atoms with Gasteiger partial charge >= 0.3 is 0 Å². The Kier molecular flexibility index (Phi) is 4.56. The Morgan fingerprint density at radius 1 is 1.00 bits per heavy atom. The van der Waals surface area contributed by atoms with Gasteiger partial charge in [0.25, 0.3) is 5.19 Å². The van der Waals surface area contributed by atoms with Crippen LogP contribution in [0.2, 0.25) is 0 Å². The molecule has 0 unspecified atom stereocenters. The predicted molar refractivity (Wildman–Crippen MR) is 90.2 cm³/mol. The highest BCUT2D eigenvalue weighted by molar-refractivity contribution is 7.20. The molecule has 0 aliphatic rings. The van der Waals surface area contributed by atoms with Crippen molar-refractivity contribution in [2.75, 3.05) is 27.2 Å². The Morgan fingerprint density at radius 3 is 2.45 bits per heavy atom. The summed E-state index contributed by atoms with van der Waals surface area (Å²) in [5.74, 6) is 1.61. The van der Waals surface area contributed by atoms with Crippen molar-refractivity contribution in [3.05, 3.63) is 48.5 Å². The lowest BCUT2D eigenvalue weighted by Gasteiger charge is -2.11. The average Bonchev–Trinajstić information content (AvgIpc) is 2.91. The molecule has 0 aliphatic carbocycles. The molecular weight excluding hydrogens is 296 g/mol. The number of rotatable bonds is 6. The van der Waals surface area contributed by atoms with Gasteiger partial charge in [0, 0.05) is 6.54 Å². The van der Waals surface area contributed by atoms with Crippen molar-refractivity contribution in [2.24, 2.45) is 0 Å². The first-order valence-corrected chi connectivity index (χ1v) is 7.93. The number of fused-ring (bicyclic) bond motifs is 1. The molecule has 3 rings (SSSR count). The van der Waals surface area contributed by atoms with Crippen LogP contribution in [0, 0.1) is 0 Å². The first-order chi connectivity index (χ1) is 10.7. The Morgan fingerprint density at radius 2 is 1.73 bits per heavy atom. The third kappa shape index (κ3) is 3.75. The monoisotopic (exact) mass is 314 g/mol. The maximum atomic E-state index is 5.80. The van der Waals surface area contributed by atoms with Gasteiger partial charge < -0.3 is 14.4 Å². The second kappa shape index (κ2) is 6.77. The highest BCUT2D eigenvalue weighted by atomic mass is 32.1. The largest absolute Gasteiger partial charge is 0.492 e. The molecule has 0 aliphatic heterocycles. The Hall–Kier alpha value is -2.11. The molecule has 0 bridgehead atoms. The van der Waals surface area contributed by atoms with Crippen molar-refractivity contribution in [3.63, 3.8) is 0 Å². The molecule has 3 aromatic rings. The summed E-state index contributed by atoms with van der Waals surface area (Å²) in [6, 6.07) is 15.6. The summed E-state index contributed by atoms with van der Waals surface area (Å²) in [6.45, 7) is 1.56. The van der Waals surface area contributed by atoms with E-state index in [1.54, 1.807) is 11.3 Å². The minimum Gasteiger partial charge on any atom is -0.492 e. The van der Waals surface area contributed by atoms with Crippen LogP contribution in [0.3, 0.4) is 0 Å². The van der Waals surface area contributed by atoms with Gasteiger partial charge in [0.05, 0.1) is 10.2 Å². The summed E-state index contributed by atoms with van der Waals surface area (Å²) in [4.78, 5) is 6.55. The first-order valence-electron chi connectivity index (χ1n) is 7.12. The molecule has 0 amide bonds. The van der Waals surface area contributed by atoms with Gasteiger partial charge in [-0.15, -0.1) is 0 Å². The van der Waals surface area contributed by atoms with Crippen LogP contribution < -0.4 is 9.47 Å². The number of benzene rings is 2. The summed E-state index contributed by atoms with van der Waals surface area (Å²) in [6.07, 6.45) is 0. The molecule has 4 nitrogen and oxygen atoms in total. The van der Waals surface area contributed by atoms with Gasteiger partial charge in [-0.2, -0.15) is 0 Å². The second-order valence-electron chi connectivity index (χ2n) is 5.17. The molecule has 1 aromatic heterocycles. The summed E-state index contributed by atoms with van der Waals surface area (Å²) >= 11 is 1.54. The molecular formula is C17H18N2O2S. The van der Waals surface area contributed by atoms with E-state index in [0.29, 0.717) is 11.8 Å². The van der Waals surface area contributed by atoms with Crippen LogP contribution in [0.15, 0.2) is 48.5 Å². The van der Waals surface area contributed by atoms with Crippen LogP contribution in [0.5, 0.6) is 16.7 Å². The van der Waals surface area contributed by atoms with Crippen LogP contribution in [-0.2, 0) is 0 Å². The zero-order valence-electron chi connectivity index (χ0n) is 12.7. The van der Waals surface area contributed by atoms with E-state index in [1.165, 1.54) is 0 Å². The van der Waals surface area contributed by atoms with Crippen LogP contribution in [-0.4, -0.2) is 37.1 Å². The van der Waals surface area contributed by atoms with E-state index in [1.807, 2.05) is 62.6 Å². The Labute approximate surface area is 133 Å². The minimum absolute atomic E-state index is 0.655. The van der Waals surface area contributed by atoms with Gasteiger partial charge in [0.1, 0.15) is 18.1 Å². The molecule has 1 heterocycles. The molecule has 0 saturated carbocycles. The molecule has 0 atom stereocenters. The fraction of sp³-hybridized carbons (Fsp3) is 0.235. The minimum atomic E-state index is 0.655. The number of likely N-dealkylation sites (N-methyl/N-ethyl adjacent to an activating group) is 1. The number of hydrogen-bond acceptors (Lipinski definition) is 5. The molecule has 2 aromatic carbocycles. The number of aromatic nitrogens is 1.